The van der Waals surface area contributed by atoms with Gasteiger partial charge in [0.2, 0.25) is 11.8 Å². The van der Waals surface area contributed by atoms with E-state index in [2.05, 4.69) is 0 Å². The van der Waals surface area contributed by atoms with Crippen molar-refractivity contribution >= 4 is 23.4 Å². The number of amides is 3. The van der Waals surface area contributed by atoms with Crippen molar-refractivity contribution in [1.82, 2.24) is 4.90 Å². The highest BCUT2D eigenvalue weighted by Crippen LogP contribution is 2.34. The van der Waals surface area contributed by atoms with E-state index in [4.69, 9.17) is 10.5 Å². The first-order chi connectivity index (χ1) is 12.0. The summed E-state index contributed by atoms with van der Waals surface area (Å²) in [6.07, 6.45) is 1.41. The van der Waals surface area contributed by atoms with Gasteiger partial charge < -0.3 is 10.5 Å². The number of benzene rings is 1. The van der Waals surface area contributed by atoms with Crippen molar-refractivity contribution in [1.29, 1.82) is 0 Å². The summed E-state index contributed by atoms with van der Waals surface area (Å²) in [7, 11) is 0. The molecule has 0 aromatic heterocycles. The highest BCUT2D eigenvalue weighted by Gasteiger charge is 2.44. The van der Waals surface area contributed by atoms with Crippen molar-refractivity contribution in [3.63, 3.8) is 0 Å². The van der Waals surface area contributed by atoms with Crippen LogP contribution in [0.5, 0.6) is 5.75 Å². The Morgan fingerprint density at radius 1 is 1.24 bits per heavy atom. The number of hydrogen-bond acceptors (Lipinski definition) is 5. The van der Waals surface area contributed by atoms with Crippen LogP contribution >= 0.6 is 0 Å². The van der Waals surface area contributed by atoms with Crippen molar-refractivity contribution < 1.29 is 19.1 Å². The van der Waals surface area contributed by atoms with E-state index in [-0.39, 0.29) is 30.1 Å². The van der Waals surface area contributed by atoms with Crippen LogP contribution in [-0.4, -0.2) is 48.4 Å². The average molecular weight is 345 g/mol. The summed E-state index contributed by atoms with van der Waals surface area (Å²) in [5.74, 6) is -0.354. The largest absolute Gasteiger partial charge is 0.492 e. The van der Waals surface area contributed by atoms with Crippen LogP contribution in [0.25, 0.3) is 0 Å². The van der Waals surface area contributed by atoms with Gasteiger partial charge in [0, 0.05) is 5.92 Å². The van der Waals surface area contributed by atoms with Gasteiger partial charge in [0.25, 0.3) is 5.91 Å². The predicted octanol–water partition coefficient (Wildman–Crippen LogP) is 0.915. The maximum absolute atomic E-state index is 12.9. The van der Waals surface area contributed by atoms with Gasteiger partial charge in [-0.2, -0.15) is 0 Å². The van der Waals surface area contributed by atoms with Crippen LogP contribution in [0.2, 0.25) is 0 Å². The molecule has 3 rings (SSSR count). The molecule has 0 aliphatic carbocycles. The van der Waals surface area contributed by atoms with Gasteiger partial charge in [0.15, 0.2) is 0 Å². The number of carbonyl (C=O) groups is 3. The van der Waals surface area contributed by atoms with Gasteiger partial charge in [-0.3, -0.25) is 19.3 Å². The van der Waals surface area contributed by atoms with E-state index in [0.29, 0.717) is 44.0 Å². The Labute approximate surface area is 146 Å². The van der Waals surface area contributed by atoms with E-state index in [1.165, 1.54) is 4.90 Å². The van der Waals surface area contributed by atoms with Crippen molar-refractivity contribution in [2.75, 3.05) is 24.6 Å². The number of primary amides is 1. The predicted molar refractivity (Wildman–Crippen MR) is 92.0 cm³/mol. The fourth-order valence-corrected chi connectivity index (χ4v) is 3.57. The number of para-hydroxylation sites is 2. The Hall–Kier alpha value is -2.41. The minimum atomic E-state index is -0.476. The third-order valence-corrected chi connectivity index (χ3v) is 4.90. The number of rotatable bonds is 5. The second kappa shape index (κ2) is 7.23. The molecule has 2 fully saturated rings. The van der Waals surface area contributed by atoms with Crippen LogP contribution in [0.3, 0.4) is 0 Å². The molecule has 0 saturated carbocycles. The van der Waals surface area contributed by atoms with Crippen molar-refractivity contribution in [3.05, 3.63) is 24.3 Å². The normalized spacial score (nSPS) is 22.4. The maximum Gasteiger partial charge on any atom is 0.251 e. The van der Waals surface area contributed by atoms with Gasteiger partial charge >= 0.3 is 0 Å². The molecule has 1 aromatic carbocycles. The summed E-state index contributed by atoms with van der Waals surface area (Å²) in [5.41, 5.74) is 5.85. The lowest BCUT2D eigenvalue weighted by molar-refractivity contribution is -0.124. The molecule has 2 saturated heterocycles. The first-order valence-corrected chi connectivity index (χ1v) is 8.65. The van der Waals surface area contributed by atoms with Gasteiger partial charge in [-0.05, 0) is 45.0 Å². The zero-order valence-corrected chi connectivity index (χ0v) is 14.3. The highest BCUT2D eigenvalue weighted by molar-refractivity contribution is 6.23. The zero-order chi connectivity index (χ0) is 18.0. The third-order valence-electron chi connectivity index (χ3n) is 4.90. The maximum atomic E-state index is 12.9. The SMILES string of the molecule is CCOc1ccccc1N1C(=O)C[C@@H](N2CCC(C(N)=O)CC2)C1=O. The molecule has 2 aliphatic heterocycles. The van der Waals surface area contributed by atoms with Crippen LogP contribution < -0.4 is 15.4 Å². The molecule has 2 N–H and O–H groups in total. The lowest BCUT2D eigenvalue weighted by Crippen LogP contribution is -2.47. The molecule has 25 heavy (non-hydrogen) atoms. The monoisotopic (exact) mass is 345 g/mol. The zero-order valence-electron chi connectivity index (χ0n) is 14.3. The van der Waals surface area contributed by atoms with E-state index in [1.54, 1.807) is 18.2 Å². The topological polar surface area (TPSA) is 92.9 Å². The van der Waals surface area contributed by atoms with Gasteiger partial charge in [0.1, 0.15) is 5.75 Å². The first-order valence-electron chi connectivity index (χ1n) is 8.65. The van der Waals surface area contributed by atoms with Crippen LogP contribution in [0.15, 0.2) is 24.3 Å². The Bertz CT molecular complexity index is 683. The molecule has 2 heterocycles. The second-order valence-electron chi connectivity index (χ2n) is 6.40. The molecule has 0 spiro atoms. The fraction of sp³-hybridized carbons (Fsp3) is 0.500. The highest BCUT2D eigenvalue weighted by atomic mass is 16.5. The minimum absolute atomic E-state index is 0.141. The lowest BCUT2D eigenvalue weighted by atomic mass is 9.95. The van der Waals surface area contributed by atoms with Crippen LogP contribution in [0.4, 0.5) is 5.69 Å². The van der Waals surface area contributed by atoms with Gasteiger partial charge in [-0.15, -0.1) is 0 Å². The molecular formula is C18H23N3O4. The van der Waals surface area contributed by atoms with E-state index < -0.39 is 6.04 Å². The third kappa shape index (κ3) is 3.37. The number of ether oxygens (including phenoxy) is 1. The van der Waals surface area contributed by atoms with Crippen LogP contribution in [0, 0.1) is 5.92 Å². The van der Waals surface area contributed by atoms with Crippen molar-refractivity contribution in [2.24, 2.45) is 11.7 Å². The van der Waals surface area contributed by atoms with E-state index in [9.17, 15) is 14.4 Å². The molecule has 0 unspecified atom stereocenters. The number of piperidine rings is 1. The number of likely N-dealkylation sites (tertiary alicyclic amines) is 1. The fourth-order valence-electron chi connectivity index (χ4n) is 3.57. The Morgan fingerprint density at radius 3 is 2.56 bits per heavy atom. The number of nitrogens with zero attached hydrogens (tertiary/aromatic N) is 2. The number of imide groups is 1. The summed E-state index contributed by atoms with van der Waals surface area (Å²) in [4.78, 5) is 39.9. The summed E-state index contributed by atoms with van der Waals surface area (Å²) in [6.45, 7) is 3.50. The van der Waals surface area contributed by atoms with Crippen LogP contribution in [0.1, 0.15) is 26.2 Å². The van der Waals surface area contributed by atoms with Gasteiger partial charge in [-0.25, -0.2) is 4.90 Å². The number of nitrogens with two attached hydrogens (primary N) is 1. The average Bonchev–Trinajstić information content (AvgIpc) is 2.90. The molecular weight excluding hydrogens is 322 g/mol. The summed E-state index contributed by atoms with van der Waals surface area (Å²) in [6, 6.07) is 6.60. The molecule has 134 valence electrons. The van der Waals surface area contributed by atoms with Crippen molar-refractivity contribution in [2.45, 2.75) is 32.2 Å². The van der Waals surface area contributed by atoms with Crippen molar-refractivity contribution in [3.8, 4) is 5.75 Å². The lowest BCUT2D eigenvalue weighted by Gasteiger charge is -2.33. The number of carbonyl (C=O) groups excluding carboxylic acids is 3. The summed E-state index contributed by atoms with van der Waals surface area (Å²) >= 11 is 0. The first kappa shape index (κ1) is 17.4. The molecule has 7 heteroatoms. The molecule has 7 nitrogen and oxygen atoms in total. The summed E-state index contributed by atoms with van der Waals surface area (Å²) in [5, 5.41) is 0. The molecule has 2 aliphatic rings. The molecule has 3 amide bonds. The Morgan fingerprint density at radius 2 is 1.92 bits per heavy atom. The van der Waals surface area contributed by atoms with Gasteiger partial charge in [0.05, 0.1) is 24.8 Å². The Balaban J connectivity index is 1.76. The van der Waals surface area contributed by atoms with E-state index >= 15 is 0 Å². The Kier molecular flexibility index (Phi) is 5.03. The van der Waals surface area contributed by atoms with Crippen LogP contribution in [-0.2, 0) is 14.4 Å². The standard InChI is InChI=1S/C18H23N3O4/c1-2-25-15-6-4-3-5-13(15)21-16(22)11-14(18(21)24)20-9-7-12(8-10-20)17(19)23/h3-6,12,14H,2,7-11H2,1H3,(H2,19,23)/t14-/m1/s1. The quantitative estimate of drug-likeness (QED) is 0.801. The summed E-state index contributed by atoms with van der Waals surface area (Å²) < 4.78 is 5.56. The second-order valence-corrected chi connectivity index (χ2v) is 6.40. The molecule has 0 bridgehead atoms. The van der Waals surface area contributed by atoms with Gasteiger partial charge in [-0.1, -0.05) is 12.1 Å². The van der Waals surface area contributed by atoms with E-state index in [1.807, 2.05) is 17.9 Å². The molecule has 1 aromatic rings. The molecule has 1 atom stereocenters. The minimum Gasteiger partial charge on any atom is -0.492 e. The number of hydrogen-bond donors (Lipinski definition) is 1. The smallest absolute Gasteiger partial charge is 0.251 e. The van der Waals surface area contributed by atoms with E-state index in [0.717, 1.165) is 0 Å². The molecule has 0 radical (unpaired) electrons. The number of anilines is 1.